The number of benzene rings is 1. The minimum absolute atomic E-state index is 0.0484. The summed E-state index contributed by atoms with van der Waals surface area (Å²) in [5, 5.41) is 10.3. The molecule has 1 saturated heterocycles. The largest absolute Gasteiger partial charge is 0.497 e. The molecule has 3 atom stereocenters. The van der Waals surface area contributed by atoms with Gasteiger partial charge in [-0.2, -0.15) is 0 Å². The van der Waals surface area contributed by atoms with Gasteiger partial charge in [0.15, 0.2) is 0 Å². The molecule has 0 radical (unpaired) electrons. The van der Waals surface area contributed by atoms with Crippen LogP contribution in [0.3, 0.4) is 0 Å². The van der Waals surface area contributed by atoms with Crippen molar-refractivity contribution in [2.75, 3.05) is 26.7 Å². The Morgan fingerprint density at radius 2 is 2.08 bits per heavy atom. The Labute approximate surface area is 212 Å². The van der Waals surface area contributed by atoms with Crippen molar-refractivity contribution in [2.45, 2.75) is 51.1 Å². The molecule has 0 saturated carbocycles. The van der Waals surface area contributed by atoms with Crippen LogP contribution in [0.2, 0.25) is 0 Å². The van der Waals surface area contributed by atoms with Gasteiger partial charge in [0.1, 0.15) is 17.7 Å². The van der Waals surface area contributed by atoms with Crippen LogP contribution >= 0.6 is 0 Å². The van der Waals surface area contributed by atoms with Crippen LogP contribution in [0.4, 0.5) is 4.39 Å². The maximum atomic E-state index is 15.5. The van der Waals surface area contributed by atoms with Crippen molar-refractivity contribution in [3.05, 3.63) is 54.2 Å². The number of nitrogens with zero attached hydrogens (tertiary/aromatic N) is 4. The number of hydrogen-bond donors (Lipinski definition) is 1. The fourth-order valence-electron chi connectivity index (χ4n) is 5.51. The molecule has 1 aliphatic rings. The van der Waals surface area contributed by atoms with E-state index in [0.29, 0.717) is 24.2 Å². The van der Waals surface area contributed by atoms with Crippen LogP contribution < -0.4 is 4.74 Å². The second-order valence-corrected chi connectivity index (χ2v) is 9.95. The van der Waals surface area contributed by atoms with E-state index in [0.717, 1.165) is 62.0 Å². The summed E-state index contributed by atoms with van der Waals surface area (Å²) in [6.45, 7) is 2.67. The van der Waals surface area contributed by atoms with E-state index in [2.05, 4.69) is 19.4 Å². The van der Waals surface area contributed by atoms with Gasteiger partial charge >= 0.3 is 5.97 Å². The highest BCUT2D eigenvalue weighted by atomic mass is 19.1. The first kappa shape index (κ1) is 26.1. The maximum Gasteiger partial charge on any atom is 0.303 e. The standard InChI is InChI=1S/C28H37FN4O3/c1-32-16-13-31-27(32)5-3-4-14-33-15-11-20(21(19-33)17-28(34)35)6-8-25(29)23-10-12-30-26-9-7-22(36-2)18-24(23)26/h7,9-10,12-13,16,18,20-21,25H,3-6,8,11,14-15,17,19H2,1-2H3,(H,34,35)/t20-,21+,25+/m1/s1. The molecule has 1 aromatic carbocycles. The van der Waals surface area contributed by atoms with Gasteiger partial charge in [0.2, 0.25) is 0 Å². The summed E-state index contributed by atoms with van der Waals surface area (Å²) in [6, 6.07) is 7.26. The molecule has 3 heterocycles. The van der Waals surface area contributed by atoms with Crippen LogP contribution in [0.1, 0.15) is 56.1 Å². The Morgan fingerprint density at radius 1 is 1.22 bits per heavy atom. The summed E-state index contributed by atoms with van der Waals surface area (Å²) >= 11 is 0. The number of carbonyl (C=O) groups is 1. The molecule has 0 spiro atoms. The van der Waals surface area contributed by atoms with E-state index in [4.69, 9.17) is 4.74 Å². The first-order valence-electron chi connectivity index (χ1n) is 12.9. The molecule has 1 aliphatic heterocycles. The molecule has 7 nitrogen and oxygen atoms in total. The lowest BCUT2D eigenvalue weighted by molar-refractivity contribution is -0.139. The van der Waals surface area contributed by atoms with Crippen LogP contribution in [-0.2, 0) is 18.3 Å². The topological polar surface area (TPSA) is 80.5 Å². The number of carboxylic acids is 1. The Hall–Kier alpha value is -3.00. The molecule has 3 aromatic rings. The van der Waals surface area contributed by atoms with Crippen LogP contribution in [0.25, 0.3) is 10.9 Å². The number of pyridine rings is 1. The maximum absolute atomic E-state index is 15.5. The highest BCUT2D eigenvalue weighted by molar-refractivity contribution is 5.83. The molecule has 0 aliphatic carbocycles. The minimum Gasteiger partial charge on any atom is -0.497 e. The number of aryl methyl sites for hydroxylation is 2. The van der Waals surface area contributed by atoms with Gasteiger partial charge in [0, 0.05) is 50.4 Å². The summed E-state index contributed by atoms with van der Waals surface area (Å²) in [5.74, 6) is 1.26. The van der Waals surface area contributed by atoms with E-state index >= 15 is 4.39 Å². The summed E-state index contributed by atoms with van der Waals surface area (Å²) in [5.41, 5.74) is 1.37. The quantitative estimate of drug-likeness (QED) is 0.347. The molecule has 0 bridgehead atoms. The summed E-state index contributed by atoms with van der Waals surface area (Å²) in [7, 11) is 3.61. The van der Waals surface area contributed by atoms with Gasteiger partial charge in [0.25, 0.3) is 0 Å². The van der Waals surface area contributed by atoms with Crippen LogP contribution in [0, 0.1) is 11.8 Å². The predicted molar refractivity (Wildman–Crippen MR) is 138 cm³/mol. The van der Waals surface area contributed by atoms with Gasteiger partial charge < -0.3 is 19.3 Å². The third kappa shape index (κ3) is 6.60. The van der Waals surface area contributed by atoms with Crippen LogP contribution in [0.5, 0.6) is 5.75 Å². The van der Waals surface area contributed by atoms with Crippen molar-refractivity contribution in [3.8, 4) is 5.75 Å². The second-order valence-electron chi connectivity index (χ2n) is 9.95. The predicted octanol–water partition coefficient (Wildman–Crippen LogP) is 5.20. The van der Waals surface area contributed by atoms with Crippen molar-refractivity contribution >= 4 is 16.9 Å². The summed E-state index contributed by atoms with van der Waals surface area (Å²) in [4.78, 5) is 22.7. The Balaban J connectivity index is 1.32. The van der Waals surface area contributed by atoms with Gasteiger partial charge in [-0.15, -0.1) is 0 Å². The zero-order chi connectivity index (χ0) is 25.5. The Kier molecular flexibility index (Phi) is 8.91. The second kappa shape index (κ2) is 12.3. The average Bonchev–Trinajstić information content (AvgIpc) is 3.29. The lowest BCUT2D eigenvalue weighted by atomic mass is 9.79. The van der Waals surface area contributed by atoms with Gasteiger partial charge in [0.05, 0.1) is 12.6 Å². The zero-order valence-corrected chi connectivity index (χ0v) is 21.3. The molecule has 2 aromatic heterocycles. The van der Waals surface area contributed by atoms with E-state index < -0.39 is 12.1 Å². The van der Waals surface area contributed by atoms with Gasteiger partial charge in [-0.25, -0.2) is 9.37 Å². The number of fused-ring (bicyclic) bond motifs is 1. The number of ether oxygens (including phenoxy) is 1. The number of halogens is 1. The number of imidazole rings is 1. The van der Waals surface area contributed by atoms with Gasteiger partial charge in [-0.1, -0.05) is 0 Å². The van der Waals surface area contributed by atoms with E-state index in [-0.39, 0.29) is 18.3 Å². The summed E-state index contributed by atoms with van der Waals surface area (Å²) < 4.78 is 22.8. The van der Waals surface area contributed by atoms with E-state index in [9.17, 15) is 9.90 Å². The third-order valence-corrected chi connectivity index (χ3v) is 7.57. The molecule has 4 rings (SSSR count). The van der Waals surface area contributed by atoms with Crippen molar-refractivity contribution in [1.82, 2.24) is 19.4 Å². The number of rotatable bonds is 12. The number of hydrogen-bond acceptors (Lipinski definition) is 5. The molecule has 1 N–H and O–H groups in total. The molecule has 0 unspecified atom stereocenters. The van der Waals surface area contributed by atoms with Crippen molar-refractivity contribution in [2.24, 2.45) is 18.9 Å². The zero-order valence-electron chi connectivity index (χ0n) is 21.3. The number of unbranched alkanes of at least 4 members (excludes halogenated alkanes) is 1. The number of aromatic nitrogens is 3. The highest BCUT2D eigenvalue weighted by Crippen LogP contribution is 2.36. The SMILES string of the molecule is COc1ccc2nccc([C@@H](F)CC[C@@H]3CCN(CCCCc4nccn4C)C[C@@H]3CC(=O)O)c2c1. The van der Waals surface area contributed by atoms with Crippen molar-refractivity contribution in [3.63, 3.8) is 0 Å². The fourth-order valence-corrected chi connectivity index (χ4v) is 5.51. The number of carboxylic acid groups (broad SMARTS) is 1. The van der Waals surface area contributed by atoms with Crippen molar-refractivity contribution < 1.29 is 19.0 Å². The number of piperidine rings is 1. The normalized spacial score (nSPS) is 19.4. The lowest BCUT2D eigenvalue weighted by Crippen LogP contribution is -2.41. The van der Waals surface area contributed by atoms with Gasteiger partial charge in [-0.05, 0) is 86.9 Å². The van der Waals surface area contributed by atoms with E-state index in [1.54, 1.807) is 19.4 Å². The molecule has 8 heteroatoms. The van der Waals surface area contributed by atoms with E-state index in [1.807, 2.05) is 37.6 Å². The number of methoxy groups -OCH3 is 1. The molecular formula is C28H37FN4O3. The number of aliphatic carboxylic acids is 1. The van der Waals surface area contributed by atoms with E-state index in [1.165, 1.54) is 0 Å². The first-order valence-corrected chi connectivity index (χ1v) is 12.9. The van der Waals surface area contributed by atoms with Crippen LogP contribution in [0.15, 0.2) is 42.9 Å². The first-order chi connectivity index (χ1) is 17.4. The molecule has 194 valence electrons. The Morgan fingerprint density at radius 3 is 2.83 bits per heavy atom. The number of likely N-dealkylation sites (tertiary alicyclic amines) is 1. The van der Waals surface area contributed by atoms with Crippen LogP contribution in [-0.4, -0.2) is 57.3 Å². The minimum atomic E-state index is -1.13. The fraction of sp³-hybridized carbons (Fsp3) is 0.536. The molecule has 0 amide bonds. The lowest BCUT2D eigenvalue weighted by Gasteiger charge is -2.38. The molecular weight excluding hydrogens is 459 g/mol. The smallest absolute Gasteiger partial charge is 0.303 e. The van der Waals surface area contributed by atoms with Crippen molar-refractivity contribution in [1.29, 1.82) is 0 Å². The summed E-state index contributed by atoms with van der Waals surface area (Å²) in [6.07, 6.45) is 9.49. The number of alkyl halides is 1. The van der Waals surface area contributed by atoms with Gasteiger partial charge in [-0.3, -0.25) is 9.78 Å². The third-order valence-electron chi connectivity index (χ3n) is 7.57. The average molecular weight is 497 g/mol. The Bertz CT molecular complexity index is 1150. The molecule has 36 heavy (non-hydrogen) atoms. The monoisotopic (exact) mass is 496 g/mol. The highest BCUT2D eigenvalue weighted by Gasteiger charge is 2.31. The molecule has 1 fully saturated rings.